The molecule has 1 N–H and O–H groups in total. The molecule has 0 saturated carbocycles. The van der Waals surface area contributed by atoms with E-state index in [4.69, 9.17) is 0 Å². The summed E-state index contributed by atoms with van der Waals surface area (Å²) in [5.74, 6) is -1.80. The number of benzene rings is 1. The van der Waals surface area contributed by atoms with Crippen molar-refractivity contribution in [3.05, 3.63) is 28.2 Å². The van der Waals surface area contributed by atoms with E-state index in [0.717, 1.165) is 6.92 Å². The van der Waals surface area contributed by atoms with Gasteiger partial charge < -0.3 is 9.84 Å². The fourth-order valence-electron chi connectivity index (χ4n) is 0.857. The minimum Gasteiger partial charge on any atom is -0.507 e. The smallest absolute Gasteiger partial charge is 0.349 e. The number of carbonyl (C=O) groups excluding carboxylic acids is 2. The first kappa shape index (κ1) is 10.7. The van der Waals surface area contributed by atoms with E-state index >= 15 is 0 Å². The minimum absolute atomic E-state index is 0.0467. The quantitative estimate of drug-likeness (QED) is 0.617. The molecule has 4 nitrogen and oxygen atoms in total. The normalized spacial score (nSPS) is 9.57. The molecule has 0 amide bonds. The third-order valence-corrected chi connectivity index (χ3v) is 1.91. The molecule has 0 bridgehead atoms. The summed E-state index contributed by atoms with van der Waals surface area (Å²) in [7, 11) is 0. The maximum atomic E-state index is 11.2. The van der Waals surface area contributed by atoms with Crippen molar-refractivity contribution in [2.75, 3.05) is 0 Å². The number of hydrogen-bond acceptors (Lipinski definition) is 4. The van der Waals surface area contributed by atoms with Gasteiger partial charge in [0.2, 0.25) is 0 Å². The molecule has 1 rings (SSSR count). The van der Waals surface area contributed by atoms with Crippen molar-refractivity contribution < 1.29 is 19.4 Å². The van der Waals surface area contributed by atoms with Gasteiger partial charge in [-0.3, -0.25) is 4.79 Å². The molecule has 0 aromatic heterocycles. The van der Waals surface area contributed by atoms with Crippen molar-refractivity contribution in [3.8, 4) is 5.75 Å². The molecule has 0 atom stereocenters. The number of halogens is 1. The Kier molecular flexibility index (Phi) is 3.24. The number of carbonyl (C=O) groups is 2. The van der Waals surface area contributed by atoms with Gasteiger partial charge in [-0.05, 0) is 18.2 Å². The van der Waals surface area contributed by atoms with Gasteiger partial charge in [-0.1, -0.05) is 15.9 Å². The zero-order valence-electron chi connectivity index (χ0n) is 7.28. The van der Waals surface area contributed by atoms with Crippen molar-refractivity contribution in [3.63, 3.8) is 0 Å². The molecule has 0 aliphatic heterocycles. The number of phenols is 1. The number of hydrogen-bond donors (Lipinski definition) is 1. The monoisotopic (exact) mass is 258 g/mol. The molecule has 0 radical (unpaired) electrons. The van der Waals surface area contributed by atoms with Gasteiger partial charge in [0.15, 0.2) is 0 Å². The van der Waals surface area contributed by atoms with Crippen LogP contribution in [0.3, 0.4) is 0 Å². The van der Waals surface area contributed by atoms with Crippen LogP contribution in [0.5, 0.6) is 5.75 Å². The second-order valence-electron chi connectivity index (χ2n) is 2.54. The van der Waals surface area contributed by atoms with Crippen LogP contribution in [0.1, 0.15) is 17.3 Å². The Morgan fingerprint density at radius 1 is 1.43 bits per heavy atom. The zero-order valence-corrected chi connectivity index (χ0v) is 8.87. The van der Waals surface area contributed by atoms with Crippen LogP contribution in [0.25, 0.3) is 0 Å². The van der Waals surface area contributed by atoms with Gasteiger partial charge in [0.25, 0.3) is 0 Å². The molecule has 5 heteroatoms. The first-order chi connectivity index (χ1) is 6.50. The second kappa shape index (κ2) is 4.23. The van der Waals surface area contributed by atoms with Gasteiger partial charge in [-0.15, -0.1) is 0 Å². The molecule has 74 valence electrons. The summed E-state index contributed by atoms with van der Waals surface area (Å²) >= 11 is 3.13. The van der Waals surface area contributed by atoms with Crippen molar-refractivity contribution in [2.24, 2.45) is 0 Å². The van der Waals surface area contributed by atoms with Gasteiger partial charge in [0, 0.05) is 11.4 Å². The van der Waals surface area contributed by atoms with E-state index in [0.29, 0.717) is 4.47 Å². The van der Waals surface area contributed by atoms with Crippen molar-refractivity contribution in [1.82, 2.24) is 0 Å². The Bertz CT molecular complexity index is 386. The standard InChI is InChI=1S/C9H7BrO4/c1-5(11)14-9(13)7-4-6(10)2-3-8(7)12/h2-4,12H,1H3. The molecule has 0 fully saturated rings. The molecule has 0 spiro atoms. The SMILES string of the molecule is CC(=O)OC(=O)c1cc(Br)ccc1O. The highest BCUT2D eigenvalue weighted by Crippen LogP contribution is 2.22. The Balaban J connectivity index is 3.00. The Labute approximate surface area is 88.6 Å². The first-order valence-corrected chi connectivity index (χ1v) is 4.51. The zero-order chi connectivity index (χ0) is 10.7. The van der Waals surface area contributed by atoms with E-state index in [-0.39, 0.29) is 11.3 Å². The van der Waals surface area contributed by atoms with Gasteiger partial charge >= 0.3 is 11.9 Å². The predicted molar refractivity (Wildman–Crippen MR) is 51.9 cm³/mol. The Hall–Kier alpha value is -1.36. The van der Waals surface area contributed by atoms with Gasteiger partial charge in [-0.25, -0.2) is 4.79 Å². The first-order valence-electron chi connectivity index (χ1n) is 3.72. The summed E-state index contributed by atoms with van der Waals surface area (Å²) in [6.45, 7) is 1.12. The van der Waals surface area contributed by atoms with Crippen LogP contribution in [0, 0.1) is 0 Å². The van der Waals surface area contributed by atoms with Crippen LogP contribution in [-0.2, 0) is 9.53 Å². The van der Waals surface area contributed by atoms with Crippen molar-refractivity contribution in [2.45, 2.75) is 6.92 Å². The minimum atomic E-state index is -0.865. The molecule has 1 aromatic carbocycles. The van der Waals surface area contributed by atoms with Crippen LogP contribution in [0.15, 0.2) is 22.7 Å². The molecule has 0 saturated heterocycles. The van der Waals surface area contributed by atoms with Gasteiger partial charge in [0.1, 0.15) is 11.3 Å². The van der Waals surface area contributed by atoms with E-state index in [1.54, 1.807) is 6.07 Å². The molecular weight excluding hydrogens is 252 g/mol. The number of aromatic hydroxyl groups is 1. The van der Waals surface area contributed by atoms with E-state index in [1.165, 1.54) is 12.1 Å². The molecular formula is C9H7BrO4. The molecule has 0 unspecified atom stereocenters. The third-order valence-electron chi connectivity index (χ3n) is 1.41. The molecule has 0 aliphatic carbocycles. The summed E-state index contributed by atoms with van der Waals surface area (Å²) < 4.78 is 4.93. The van der Waals surface area contributed by atoms with Gasteiger partial charge in [-0.2, -0.15) is 0 Å². The van der Waals surface area contributed by atoms with Crippen LogP contribution in [0.2, 0.25) is 0 Å². The van der Waals surface area contributed by atoms with E-state index in [9.17, 15) is 14.7 Å². The Morgan fingerprint density at radius 2 is 2.07 bits per heavy atom. The number of esters is 2. The number of phenolic OH excluding ortho intramolecular Hbond substituents is 1. The van der Waals surface area contributed by atoms with Crippen molar-refractivity contribution in [1.29, 1.82) is 0 Å². The summed E-state index contributed by atoms with van der Waals surface area (Å²) in [6.07, 6.45) is 0. The topological polar surface area (TPSA) is 63.6 Å². The van der Waals surface area contributed by atoms with Crippen LogP contribution in [0.4, 0.5) is 0 Å². The van der Waals surface area contributed by atoms with Crippen molar-refractivity contribution >= 4 is 27.9 Å². The summed E-state index contributed by atoms with van der Waals surface area (Å²) in [5.41, 5.74) is -0.0467. The molecule has 0 aliphatic rings. The van der Waals surface area contributed by atoms with Gasteiger partial charge in [0.05, 0.1) is 0 Å². The summed E-state index contributed by atoms with van der Waals surface area (Å²) in [5, 5.41) is 9.29. The Morgan fingerprint density at radius 3 is 2.64 bits per heavy atom. The molecule has 1 aromatic rings. The predicted octanol–water partition coefficient (Wildman–Crippen LogP) is 1.86. The fraction of sp³-hybridized carbons (Fsp3) is 0.111. The lowest BCUT2D eigenvalue weighted by Crippen LogP contribution is -2.09. The fourth-order valence-corrected chi connectivity index (χ4v) is 1.22. The highest BCUT2D eigenvalue weighted by molar-refractivity contribution is 9.10. The highest BCUT2D eigenvalue weighted by atomic mass is 79.9. The van der Waals surface area contributed by atoms with E-state index < -0.39 is 11.9 Å². The second-order valence-corrected chi connectivity index (χ2v) is 3.46. The van der Waals surface area contributed by atoms with E-state index in [1.807, 2.05) is 0 Å². The summed E-state index contributed by atoms with van der Waals surface area (Å²) in [4.78, 5) is 21.7. The lowest BCUT2D eigenvalue weighted by atomic mass is 10.2. The average Bonchev–Trinajstić information content (AvgIpc) is 2.08. The molecule has 14 heavy (non-hydrogen) atoms. The number of rotatable bonds is 1. The van der Waals surface area contributed by atoms with Crippen LogP contribution >= 0.6 is 15.9 Å². The summed E-state index contributed by atoms with van der Waals surface area (Å²) in [6, 6.07) is 4.28. The van der Waals surface area contributed by atoms with Crippen LogP contribution in [-0.4, -0.2) is 17.0 Å². The van der Waals surface area contributed by atoms with Crippen LogP contribution < -0.4 is 0 Å². The highest BCUT2D eigenvalue weighted by Gasteiger charge is 2.14. The van der Waals surface area contributed by atoms with E-state index in [2.05, 4.69) is 20.7 Å². The molecule has 0 heterocycles. The largest absolute Gasteiger partial charge is 0.507 e. The lowest BCUT2D eigenvalue weighted by Gasteiger charge is -2.02. The lowest BCUT2D eigenvalue weighted by molar-refractivity contribution is -0.135. The average molecular weight is 259 g/mol. The maximum absolute atomic E-state index is 11.2. The third kappa shape index (κ3) is 2.56. The number of ether oxygens (including phenoxy) is 1. The maximum Gasteiger partial charge on any atom is 0.349 e.